The van der Waals surface area contributed by atoms with Gasteiger partial charge in [0.05, 0.1) is 17.8 Å². The Morgan fingerprint density at radius 3 is 2.45 bits per heavy atom. The largest absolute Gasteiger partial charge is 0.352 e. The van der Waals surface area contributed by atoms with Crippen molar-refractivity contribution in [2.75, 3.05) is 0 Å². The summed E-state index contributed by atoms with van der Waals surface area (Å²) in [7, 11) is 0. The minimum absolute atomic E-state index is 0.0225. The molecule has 4 heterocycles. The van der Waals surface area contributed by atoms with Crippen molar-refractivity contribution < 1.29 is 0 Å². The Balaban J connectivity index is 1.54. The summed E-state index contributed by atoms with van der Waals surface area (Å²) in [6.45, 7) is 1.49. The van der Waals surface area contributed by atoms with Gasteiger partial charge in [0.1, 0.15) is 0 Å². The average Bonchev–Trinajstić information content (AvgIpc) is 3.40. The standard InChI is InChI=1S/C25H23N5S/c31-25-28-23(21-11-4-5-14-27-21)24(30(25)18-19-8-2-1-3-9-19)22-12-7-15-29(22)17-20-10-6-13-26-16-20/h1-16,23-24H,17-18H2,(H,28,31). The van der Waals surface area contributed by atoms with Gasteiger partial charge in [0.15, 0.2) is 5.11 Å². The fourth-order valence-corrected chi connectivity index (χ4v) is 4.51. The summed E-state index contributed by atoms with van der Waals surface area (Å²) in [5.41, 5.74) is 4.57. The zero-order valence-corrected chi connectivity index (χ0v) is 17.8. The minimum atomic E-state index is -0.0278. The Hall–Kier alpha value is -3.51. The Morgan fingerprint density at radius 1 is 0.839 bits per heavy atom. The summed E-state index contributed by atoms with van der Waals surface area (Å²) in [5, 5.41) is 4.29. The van der Waals surface area contributed by atoms with Gasteiger partial charge in [0.25, 0.3) is 0 Å². The van der Waals surface area contributed by atoms with E-state index in [-0.39, 0.29) is 12.1 Å². The summed E-state index contributed by atoms with van der Waals surface area (Å²) in [6, 6.07) is 24.8. The van der Waals surface area contributed by atoms with Gasteiger partial charge < -0.3 is 14.8 Å². The summed E-state index contributed by atoms with van der Waals surface area (Å²) >= 11 is 5.81. The second-order valence-corrected chi connectivity index (χ2v) is 8.05. The van der Waals surface area contributed by atoms with Gasteiger partial charge in [-0.1, -0.05) is 42.5 Å². The molecule has 1 aliphatic heterocycles. The van der Waals surface area contributed by atoms with E-state index in [0.717, 1.165) is 29.5 Å². The van der Waals surface area contributed by atoms with Gasteiger partial charge in [-0.3, -0.25) is 9.97 Å². The molecule has 1 saturated heterocycles. The molecular formula is C25H23N5S. The topological polar surface area (TPSA) is 46.0 Å². The van der Waals surface area contributed by atoms with Gasteiger partial charge in [-0.05, 0) is 53.7 Å². The van der Waals surface area contributed by atoms with Crippen LogP contribution >= 0.6 is 12.2 Å². The van der Waals surface area contributed by atoms with Gasteiger partial charge in [0, 0.05) is 43.6 Å². The highest BCUT2D eigenvalue weighted by atomic mass is 32.1. The van der Waals surface area contributed by atoms with Gasteiger partial charge in [-0.25, -0.2) is 0 Å². The third-order valence-electron chi connectivity index (χ3n) is 5.64. The van der Waals surface area contributed by atoms with E-state index in [1.165, 1.54) is 11.3 Å². The number of rotatable bonds is 6. The van der Waals surface area contributed by atoms with Crippen LogP contribution in [0.3, 0.4) is 0 Å². The predicted octanol–water partition coefficient (Wildman–Crippen LogP) is 4.50. The highest BCUT2D eigenvalue weighted by Crippen LogP contribution is 2.39. The highest BCUT2D eigenvalue weighted by Gasteiger charge is 2.41. The maximum Gasteiger partial charge on any atom is 0.170 e. The molecule has 1 N–H and O–H groups in total. The van der Waals surface area contributed by atoms with Crippen molar-refractivity contribution in [3.63, 3.8) is 0 Å². The van der Waals surface area contributed by atoms with Gasteiger partial charge >= 0.3 is 0 Å². The zero-order chi connectivity index (χ0) is 21.0. The van der Waals surface area contributed by atoms with Crippen LogP contribution in [0.25, 0.3) is 0 Å². The molecule has 0 saturated carbocycles. The zero-order valence-electron chi connectivity index (χ0n) is 17.0. The summed E-state index contributed by atoms with van der Waals surface area (Å²) in [4.78, 5) is 11.2. The second-order valence-electron chi connectivity index (χ2n) is 7.66. The molecule has 6 heteroatoms. The predicted molar refractivity (Wildman–Crippen MR) is 125 cm³/mol. The van der Waals surface area contributed by atoms with E-state index < -0.39 is 0 Å². The molecule has 2 unspecified atom stereocenters. The Kier molecular flexibility index (Phi) is 5.46. The lowest BCUT2D eigenvalue weighted by atomic mass is 10.0. The molecule has 0 bridgehead atoms. The van der Waals surface area contributed by atoms with Crippen molar-refractivity contribution in [1.82, 2.24) is 24.8 Å². The molecule has 0 amide bonds. The SMILES string of the molecule is S=C1NC(c2ccccn2)C(c2cccn2Cc2cccnc2)N1Cc1ccccc1. The third-order valence-corrected chi connectivity index (χ3v) is 5.99. The number of hydrogen-bond acceptors (Lipinski definition) is 3. The minimum Gasteiger partial charge on any atom is -0.352 e. The van der Waals surface area contributed by atoms with Crippen LogP contribution in [0.2, 0.25) is 0 Å². The van der Waals surface area contributed by atoms with Crippen LogP contribution in [0.4, 0.5) is 0 Å². The lowest BCUT2D eigenvalue weighted by molar-refractivity contribution is 0.298. The van der Waals surface area contributed by atoms with E-state index >= 15 is 0 Å². The van der Waals surface area contributed by atoms with Crippen molar-refractivity contribution in [3.05, 3.63) is 120 Å². The molecule has 0 aliphatic carbocycles. The van der Waals surface area contributed by atoms with E-state index in [9.17, 15) is 0 Å². The smallest absolute Gasteiger partial charge is 0.170 e. The van der Waals surface area contributed by atoms with Crippen molar-refractivity contribution >= 4 is 17.3 Å². The first-order valence-electron chi connectivity index (χ1n) is 10.4. The number of nitrogens with zero attached hydrogens (tertiary/aromatic N) is 4. The Labute approximate surface area is 187 Å². The molecule has 4 aromatic rings. The van der Waals surface area contributed by atoms with E-state index in [0.29, 0.717) is 0 Å². The van der Waals surface area contributed by atoms with E-state index in [1.54, 1.807) is 6.20 Å². The van der Waals surface area contributed by atoms with Gasteiger partial charge in [-0.2, -0.15) is 0 Å². The third kappa shape index (κ3) is 4.07. The molecule has 5 nitrogen and oxygen atoms in total. The molecule has 0 spiro atoms. The highest BCUT2D eigenvalue weighted by molar-refractivity contribution is 7.80. The first-order chi connectivity index (χ1) is 15.3. The van der Waals surface area contributed by atoms with Crippen LogP contribution in [0.1, 0.15) is 34.6 Å². The van der Waals surface area contributed by atoms with Crippen LogP contribution in [0.5, 0.6) is 0 Å². The summed E-state index contributed by atoms with van der Waals surface area (Å²) in [5.74, 6) is 0. The van der Waals surface area contributed by atoms with E-state index in [1.807, 2.05) is 36.7 Å². The quantitative estimate of drug-likeness (QED) is 0.461. The fourth-order valence-electron chi connectivity index (χ4n) is 4.21. The average molecular weight is 426 g/mol. The van der Waals surface area contributed by atoms with Crippen LogP contribution < -0.4 is 5.32 Å². The lowest BCUT2D eigenvalue weighted by Crippen LogP contribution is -2.30. The summed E-state index contributed by atoms with van der Waals surface area (Å²) in [6.07, 6.45) is 7.68. The van der Waals surface area contributed by atoms with E-state index in [2.05, 4.69) is 79.5 Å². The Morgan fingerprint density at radius 2 is 1.68 bits per heavy atom. The van der Waals surface area contributed by atoms with Gasteiger partial charge in [0.2, 0.25) is 0 Å². The normalized spacial score (nSPS) is 18.2. The molecule has 1 fully saturated rings. The number of pyridine rings is 2. The number of hydrogen-bond donors (Lipinski definition) is 1. The van der Waals surface area contributed by atoms with E-state index in [4.69, 9.17) is 12.2 Å². The molecule has 154 valence electrons. The van der Waals surface area contributed by atoms with Crippen LogP contribution in [-0.2, 0) is 13.1 Å². The fraction of sp³-hybridized carbons (Fsp3) is 0.160. The first-order valence-corrected chi connectivity index (χ1v) is 10.8. The molecule has 1 aromatic carbocycles. The molecule has 2 atom stereocenters. The van der Waals surface area contributed by atoms with Crippen LogP contribution in [0, 0.1) is 0 Å². The number of aromatic nitrogens is 3. The monoisotopic (exact) mass is 425 g/mol. The second kappa shape index (κ2) is 8.70. The maximum absolute atomic E-state index is 5.81. The molecule has 31 heavy (non-hydrogen) atoms. The Bertz CT molecular complexity index is 1140. The van der Waals surface area contributed by atoms with Crippen LogP contribution in [0.15, 0.2) is 97.6 Å². The molecule has 5 rings (SSSR count). The molecule has 3 aromatic heterocycles. The molecule has 0 radical (unpaired) electrons. The van der Waals surface area contributed by atoms with Crippen molar-refractivity contribution in [3.8, 4) is 0 Å². The molecule has 1 aliphatic rings. The summed E-state index contributed by atoms with van der Waals surface area (Å²) < 4.78 is 2.28. The van der Waals surface area contributed by atoms with Crippen molar-refractivity contribution in [1.29, 1.82) is 0 Å². The number of benzene rings is 1. The maximum atomic E-state index is 5.81. The number of nitrogens with one attached hydrogen (secondary N) is 1. The number of thiocarbonyl (C=S) groups is 1. The van der Waals surface area contributed by atoms with Gasteiger partial charge in [-0.15, -0.1) is 0 Å². The van der Waals surface area contributed by atoms with Crippen molar-refractivity contribution in [2.24, 2.45) is 0 Å². The van der Waals surface area contributed by atoms with Crippen molar-refractivity contribution in [2.45, 2.75) is 25.2 Å². The first kappa shape index (κ1) is 19.5. The lowest BCUT2D eigenvalue weighted by Gasteiger charge is -2.29. The van der Waals surface area contributed by atoms with Crippen LogP contribution in [-0.4, -0.2) is 24.5 Å². The molecular weight excluding hydrogens is 402 g/mol.